The van der Waals surface area contributed by atoms with Gasteiger partial charge in [0.05, 0.1) is 26.4 Å². The molecule has 0 saturated carbocycles. The summed E-state index contributed by atoms with van der Waals surface area (Å²) in [4.78, 5) is 0. The molecule has 16 heteroatoms. The van der Waals surface area contributed by atoms with E-state index in [1.54, 1.807) is 128 Å². The van der Waals surface area contributed by atoms with E-state index in [9.17, 15) is 0 Å². The molecule has 2 rings (SSSR count). The second kappa shape index (κ2) is 47.4. The molecular weight excluding hydrogens is 1240 g/mol. The van der Waals surface area contributed by atoms with Crippen LogP contribution in [-0.2, 0) is 51.1 Å². The molecule has 0 spiro atoms. The van der Waals surface area contributed by atoms with Crippen LogP contribution in [0.4, 0.5) is 0 Å². The van der Waals surface area contributed by atoms with Crippen LogP contribution in [0.1, 0.15) is 0 Å². The van der Waals surface area contributed by atoms with Crippen LogP contribution < -0.4 is 18.9 Å². The Morgan fingerprint density at radius 3 is 0.675 bits per heavy atom. The molecular formula is C24H36Cu4I4O4S4. The van der Waals surface area contributed by atoms with Crippen LogP contribution in [0.2, 0.25) is 0 Å². The molecule has 0 saturated heterocycles. The van der Waals surface area contributed by atoms with Gasteiger partial charge in [-0.05, 0) is 73.6 Å². The molecule has 0 unspecified atom stereocenters. The van der Waals surface area contributed by atoms with Gasteiger partial charge in [0.25, 0.3) is 0 Å². The quantitative estimate of drug-likeness (QED) is 0.0936. The van der Waals surface area contributed by atoms with Crippen molar-refractivity contribution in [2.45, 2.75) is 0 Å². The molecule has 252 valence electrons. The Bertz CT molecular complexity index is 588. The molecule has 0 aromatic heterocycles. The topological polar surface area (TPSA) is 36.9 Å². The van der Waals surface area contributed by atoms with E-state index in [0.29, 0.717) is 0 Å². The summed E-state index contributed by atoms with van der Waals surface area (Å²) in [7, 11) is 0. The van der Waals surface area contributed by atoms with E-state index in [1.807, 2.05) is 48.5 Å². The predicted molar refractivity (Wildman–Crippen MR) is 204 cm³/mol. The fraction of sp³-hybridized carbons (Fsp3) is 0.500. The van der Waals surface area contributed by atoms with Crippen LogP contribution in [-0.4, -0.2) is 74.5 Å². The second-order valence-electron chi connectivity index (χ2n) is 6.31. The fourth-order valence-corrected chi connectivity index (χ4v) is 3.24. The van der Waals surface area contributed by atoms with E-state index < -0.39 is 0 Å². The number of halogens is 4. The van der Waals surface area contributed by atoms with Crippen LogP contribution in [0, 0.1) is 0 Å². The molecule has 0 aliphatic heterocycles. The molecule has 0 aliphatic carbocycles. The standard InChI is InChI=1S/2C12H18O2S2.4Cu.4HI/c2*1-15-9-7-13-11-3-5-12(6-4-11)14-8-10-16-2;;;;;;;;/h2*3-6H,7-10H2,1-2H3;;;;;4*1H/q;;4*+1;;;;/p-4. The fourth-order valence-electron chi connectivity index (χ4n) is 2.24. The Hall–Kier alpha value is 4.04. The minimum atomic E-state index is 0.758. The Balaban J connectivity index is -0.000000259. The summed E-state index contributed by atoms with van der Waals surface area (Å²) >= 11 is 30.6. The van der Waals surface area contributed by atoms with Gasteiger partial charge < -0.3 is 18.9 Å². The van der Waals surface area contributed by atoms with Gasteiger partial charge in [0.2, 0.25) is 0 Å². The Labute approximate surface area is 338 Å². The molecule has 2 aromatic carbocycles. The predicted octanol–water partition coefficient (Wildman–Crippen LogP) is 9.87. The van der Waals surface area contributed by atoms with Crippen molar-refractivity contribution in [2.24, 2.45) is 0 Å². The van der Waals surface area contributed by atoms with Crippen LogP contribution in [0.5, 0.6) is 23.0 Å². The summed E-state index contributed by atoms with van der Waals surface area (Å²) in [6, 6.07) is 15.6. The zero-order valence-corrected chi connectivity index (χ0v) is 37.9. The number of rotatable bonds is 16. The zero-order chi connectivity index (χ0) is 31.3. The monoisotopic (exact) mass is 1280 g/mol. The van der Waals surface area contributed by atoms with Crippen molar-refractivity contribution in [3.63, 3.8) is 0 Å². The van der Waals surface area contributed by atoms with Crippen LogP contribution in [0.15, 0.2) is 48.5 Å². The van der Waals surface area contributed by atoms with Gasteiger partial charge in [-0.3, -0.25) is 0 Å². The molecule has 0 aliphatic rings. The first-order valence-corrected chi connectivity index (χ1v) is 28.6. The summed E-state index contributed by atoms with van der Waals surface area (Å²) in [5, 5.41) is 0. The van der Waals surface area contributed by atoms with E-state index in [-0.39, 0.29) is 0 Å². The van der Waals surface area contributed by atoms with Crippen molar-refractivity contribution in [3.05, 3.63) is 48.5 Å². The van der Waals surface area contributed by atoms with Crippen molar-refractivity contribution in [2.75, 3.05) is 74.5 Å². The van der Waals surface area contributed by atoms with Crippen molar-refractivity contribution in [3.8, 4) is 23.0 Å². The van der Waals surface area contributed by atoms with Crippen LogP contribution in [0.3, 0.4) is 0 Å². The molecule has 0 fully saturated rings. The summed E-state index contributed by atoms with van der Waals surface area (Å²) in [6.07, 6.45) is 8.30. The maximum absolute atomic E-state index is 5.55. The molecule has 0 radical (unpaired) electrons. The normalized spacial score (nSPS) is 8.80. The van der Waals surface area contributed by atoms with Gasteiger partial charge in [-0.15, -0.1) is 0 Å². The summed E-state index contributed by atoms with van der Waals surface area (Å²) in [5.41, 5.74) is 0. The molecule has 0 bridgehead atoms. The van der Waals surface area contributed by atoms with E-state index in [2.05, 4.69) is 76.1 Å². The second-order valence-corrected chi connectivity index (χ2v) is 10.3. The Morgan fingerprint density at radius 2 is 0.550 bits per heavy atom. The van der Waals surface area contributed by atoms with Gasteiger partial charge in [-0.25, -0.2) is 0 Å². The van der Waals surface area contributed by atoms with E-state index in [4.69, 9.17) is 18.9 Å². The molecule has 2 aromatic rings. The van der Waals surface area contributed by atoms with Gasteiger partial charge in [0, 0.05) is 23.0 Å². The van der Waals surface area contributed by atoms with Gasteiger partial charge in [0.15, 0.2) is 0 Å². The summed E-state index contributed by atoms with van der Waals surface area (Å²) in [5.74, 6) is 7.71. The first kappa shape index (κ1) is 50.9. The number of hydrogen-bond acceptors (Lipinski definition) is 8. The van der Waals surface area contributed by atoms with E-state index in [1.165, 1.54) is 0 Å². The van der Waals surface area contributed by atoms with Gasteiger partial charge in [0.1, 0.15) is 23.0 Å². The zero-order valence-electron chi connectivity index (χ0n) is 22.3. The molecule has 4 nitrogen and oxygen atoms in total. The molecule has 40 heavy (non-hydrogen) atoms. The molecule has 0 atom stereocenters. The molecule has 0 amide bonds. The average molecular weight is 1280 g/mol. The summed E-state index contributed by atoms with van der Waals surface area (Å²) in [6.45, 7) is 3.03. The Morgan fingerprint density at radius 1 is 0.400 bits per heavy atom. The summed E-state index contributed by atoms with van der Waals surface area (Å²) < 4.78 is 22.2. The number of hydrogen-bond donors (Lipinski definition) is 0. The number of ether oxygens (including phenoxy) is 4. The van der Waals surface area contributed by atoms with Gasteiger partial charge >= 0.3 is 132 Å². The van der Waals surface area contributed by atoms with Crippen LogP contribution >= 0.6 is 128 Å². The first-order chi connectivity index (χ1) is 19.7. The number of thioether (sulfide) groups is 4. The molecule has 0 N–H and O–H groups in total. The van der Waals surface area contributed by atoms with E-state index in [0.717, 1.165) is 72.4 Å². The van der Waals surface area contributed by atoms with Crippen molar-refractivity contribution in [1.29, 1.82) is 0 Å². The average Bonchev–Trinajstić information content (AvgIpc) is 3.03. The molecule has 0 heterocycles. The third-order valence-electron chi connectivity index (χ3n) is 3.87. The third-order valence-corrected chi connectivity index (χ3v) is 6.17. The minimum absolute atomic E-state index is 0.758. The third kappa shape index (κ3) is 36.5. The SMILES string of the molecule is CSCCOc1ccc(OCCSC)cc1.CSCCOc1ccc(OCCSC)cc1.[Cu][I].[Cu][I].[Cu][I].[Cu][I]. The van der Waals surface area contributed by atoms with Gasteiger partial charge in [-0.1, -0.05) is 0 Å². The number of benzene rings is 2. The van der Waals surface area contributed by atoms with Crippen molar-refractivity contribution in [1.82, 2.24) is 0 Å². The Kier molecular flexibility index (Phi) is 60.4. The maximum atomic E-state index is 5.55. The first-order valence-electron chi connectivity index (χ1n) is 10.9. The van der Waals surface area contributed by atoms with E-state index >= 15 is 0 Å². The van der Waals surface area contributed by atoms with Gasteiger partial charge in [-0.2, -0.15) is 47.0 Å². The van der Waals surface area contributed by atoms with Crippen molar-refractivity contribution < 1.29 is 70.0 Å². The van der Waals surface area contributed by atoms with Crippen LogP contribution in [0.25, 0.3) is 0 Å². The van der Waals surface area contributed by atoms with Crippen molar-refractivity contribution >= 4 is 128 Å².